The highest BCUT2D eigenvalue weighted by Gasteiger charge is 2.27. The highest BCUT2D eigenvalue weighted by atomic mass is 16.6. The summed E-state index contributed by atoms with van der Waals surface area (Å²) in [6.45, 7) is 2.61. The van der Waals surface area contributed by atoms with E-state index >= 15 is 0 Å². The highest BCUT2D eigenvalue weighted by molar-refractivity contribution is 6.04. The Morgan fingerprint density at radius 3 is 2.21 bits per heavy atom. The summed E-state index contributed by atoms with van der Waals surface area (Å²) in [4.78, 5) is 27.8. The Balaban J connectivity index is 1.50. The number of fused-ring (bicyclic) bond motifs is 1. The zero-order chi connectivity index (χ0) is 27.1. The summed E-state index contributed by atoms with van der Waals surface area (Å²) in [5, 5.41) is 0. The van der Waals surface area contributed by atoms with Crippen molar-refractivity contribution in [3.63, 3.8) is 0 Å². The van der Waals surface area contributed by atoms with Crippen LogP contribution in [0.2, 0.25) is 0 Å². The monoisotopic (exact) mass is 519 g/mol. The Morgan fingerprint density at radius 2 is 1.58 bits per heavy atom. The lowest BCUT2D eigenvalue weighted by atomic mass is 10.2. The number of rotatable bonds is 10. The summed E-state index contributed by atoms with van der Waals surface area (Å²) in [7, 11) is 4.40. The van der Waals surface area contributed by atoms with Gasteiger partial charge in [0.15, 0.2) is 23.0 Å². The lowest BCUT2D eigenvalue weighted by Gasteiger charge is -2.25. The van der Waals surface area contributed by atoms with Crippen LogP contribution >= 0.6 is 0 Å². The molecule has 1 heterocycles. The molecule has 0 unspecified atom stereocenters. The van der Waals surface area contributed by atoms with E-state index in [9.17, 15) is 9.59 Å². The molecule has 0 spiro atoms. The molecule has 0 bridgehead atoms. The van der Waals surface area contributed by atoms with Crippen LogP contribution in [0.15, 0.2) is 72.7 Å². The van der Waals surface area contributed by atoms with Gasteiger partial charge in [-0.25, -0.2) is 4.79 Å². The van der Waals surface area contributed by atoms with Gasteiger partial charge in [0.1, 0.15) is 12.0 Å². The molecule has 4 rings (SSSR count). The molecule has 0 saturated carbocycles. The fourth-order valence-electron chi connectivity index (χ4n) is 3.85. The van der Waals surface area contributed by atoms with E-state index in [-0.39, 0.29) is 23.0 Å². The summed E-state index contributed by atoms with van der Waals surface area (Å²) in [5.41, 5.74) is 0.977. The van der Waals surface area contributed by atoms with Gasteiger partial charge in [-0.1, -0.05) is 31.5 Å². The Kier molecular flexibility index (Phi) is 8.37. The third-order valence-electron chi connectivity index (χ3n) is 5.80. The zero-order valence-corrected chi connectivity index (χ0v) is 21.7. The number of methoxy groups -OCH3 is 3. The molecule has 1 amide bonds. The number of anilines is 1. The van der Waals surface area contributed by atoms with Gasteiger partial charge >= 0.3 is 5.97 Å². The number of carbonyl (C=O) groups is 2. The zero-order valence-electron chi connectivity index (χ0n) is 21.7. The first-order valence-electron chi connectivity index (χ1n) is 12.1. The molecule has 0 aliphatic carbocycles. The Labute approximate surface area is 221 Å². The fourth-order valence-corrected chi connectivity index (χ4v) is 3.85. The molecule has 3 aromatic rings. The maximum Gasteiger partial charge on any atom is 0.343 e. The van der Waals surface area contributed by atoms with Crippen molar-refractivity contribution < 1.29 is 38.0 Å². The maximum atomic E-state index is 13.3. The Hall–Kier alpha value is -4.66. The second-order valence-corrected chi connectivity index (χ2v) is 8.26. The number of ether oxygens (including phenoxy) is 6. The quantitative estimate of drug-likeness (QED) is 0.261. The van der Waals surface area contributed by atoms with E-state index in [1.54, 1.807) is 17.0 Å². The van der Waals surface area contributed by atoms with Crippen LogP contribution in [0.5, 0.6) is 34.5 Å². The first-order chi connectivity index (χ1) is 18.5. The number of amides is 1. The molecule has 1 aliphatic rings. The molecular formula is C29H29NO8. The van der Waals surface area contributed by atoms with Crippen LogP contribution in [0, 0.1) is 0 Å². The molecule has 0 fully saturated rings. The van der Waals surface area contributed by atoms with Crippen LogP contribution in [0.1, 0.15) is 30.1 Å². The van der Waals surface area contributed by atoms with Crippen molar-refractivity contribution in [3.05, 3.63) is 78.2 Å². The summed E-state index contributed by atoms with van der Waals surface area (Å²) >= 11 is 0. The lowest BCUT2D eigenvalue weighted by molar-refractivity contribution is -0.117. The number of hydrogen-bond donors (Lipinski definition) is 0. The third kappa shape index (κ3) is 5.67. The van der Waals surface area contributed by atoms with E-state index in [2.05, 4.69) is 6.92 Å². The summed E-state index contributed by atoms with van der Waals surface area (Å²) in [6.07, 6.45) is 3.04. The molecular weight excluding hydrogens is 490 g/mol. The van der Waals surface area contributed by atoms with Gasteiger partial charge in [0.2, 0.25) is 11.5 Å². The highest BCUT2D eigenvalue weighted by Crippen LogP contribution is 2.39. The third-order valence-corrected chi connectivity index (χ3v) is 5.80. The predicted octanol–water partition coefficient (Wildman–Crippen LogP) is 5.38. The number of hydrogen-bond acceptors (Lipinski definition) is 8. The summed E-state index contributed by atoms with van der Waals surface area (Å²) < 4.78 is 33.0. The van der Waals surface area contributed by atoms with E-state index < -0.39 is 5.97 Å². The van der Waals surface area contributed by atoms with Crippen LogP contribution < -0.4 is 33.3 Å². The first-order valence-corrected chi connectivity index (χ1v) is 12.1. The molecule has 9 nitrogen and oxygen atoms in total. The molecule has 3 aromatic carbocycles. The molecule has 1 aliphatic heterocycles. The first kappa shape index (κ1) is 26.4. The van der Waals surface area contributed by atoms with Gasteiger partial charge < -0.3 is 33.3 Å². The molecule has 9 heteroatoms. The second-order valence-electron chi connectivity index (χ2n) is 8.26. The van der Waals surface area contributed by atoms with E-state index in [0.717, 1.165) is 18.5 Å². The van der Waals surface area contributed by atoms with E-state index in [1.807, 2.05) is 30.3 Å². The molecule has 198 valence electrons. The van der Waals surface area contributed by atoms with Crippen LogP contribution in [-0.2, 0) is 4.79 Å². The van der Waals surface area contributed by atoms with Gasteiger partial charge in [0.25, 0.3) is 5.91 Å². The molecule has 0 N–H and O–H groups in total. The Bertz CT molecular complexity index is 1310. The van der Waals surface area contributed by atoms with Gasteiger partial charge in [-0.05, 0) is 42.8 Å². The van der Waals surface area contributed by atoms with Gasteiger partial charge in [-0.3, -0.25) is 4.79 Å². The van der Waals surface area contributed by atoms with Crippen LogP contribution in [0.25, 0.3) is 0 Å². The summed E-state index contributed by atoms with van der Waals surface area (Å²) in [5.74, 6) is 0.975. The Morgan fingerprint density at radius 1 is 0.868 bits per heavy atom. The van der Waals surface area contributed by atoms with Crippen molar-refractivity contribution in [2.45, 2.75) is 19.8 Å². The van der Waals surface area contributed by atoms with Crippen molar-refractivity contribution in [3.8, 4) is 34.5 Å². The van der Waals surface area contributed by atoms with E-state index in [1.165, 1.54) is 45.8 Å². The summed E-state index contributed by atoms with van der Waals surface area (Å²) in [6, 6.07) is 17.0. The average molecular weight is 520 g/mol. The van der Waals surface area contributed by atoms with Crippen molar-refractivity contribution in [2.24, 2.45) is 0 Å². The molecule has 0 atom stereocenters. The van der Waals surface area contributed by atoms with E-state index in [4.69, 9.17) is 28.4 Å². The van der Waals surface area contributed by atoms with Gasteiger partial charge in [0.05, 0.1) is 26.9 Å². The van der Waals surface area contributed by atoms with Crippen molar-refractivity contribution in [2.75, 3.05) is 32.8 Å². The predicted molar refractivity (Wildman–Crippen MR) is 141 cm³/mol. The topological polar surface area (TPSA) is 92.8 Å². The van der Waals surface area contributed by atoms with Crippen molar-refractivity contribution >= 4 is 17.6 Å². The molecule has 0 saturated heterocycles. The average Bonchev–Trinajstić information content (AvgIpc) is 2.96. The number of benzene rings is 3. The number of esters is 1. The van der Waals surface area contributed by atoms with Gasteiger partial charge in [0, 0.05) is 18.3 Å². The van der Waals surface area contributed by atoms with Crippen molar-refractivity contribution in [1.29, 1.82) is 0 Å². The molecule has 0 radical (unpaired) electrons. The minimum Gasteiger partial charge on any atom is -0.493 e. The number of para-hydroxylation sites is 1. The maximum absolute atomic E-state index is 13.3. The minimum atomic E-state index is -0.637. The number of carbonyl (C=O) groups excluding carboxylic acids is 2. The van der Waals surface area contributed by atoms with Gasteiger partial charge in [-0.2, -0.15) is 0 Å². The standard InChI is InChI=1S/C29H29NO8/c1-5-6-14-30(20-10-8-7-9-11-20)28(31)26-18-36-23-17-21(12-13-22(23)38-26)37-29(32)19-15-24(33-2)27(35-4)25(16-19)34-3/h7-13,15-18H,5-6,14H2,1-4H3. The van der Waals surface area contributed by atoms with Crippen molar-refractivity contribution in [1.82, 2.24) is 0 Å². The normalized spacial score (nSPS) is 11.7. The number of nitrogens with zero attached hydrogens (tertiary/aromatic N) is 1. The minimum absolute atomic E-state index is 0.0552. The SMILES string of the molecule is CCCCN(C(=O)C1=COc2cc(OC(=O)c3cc(OC)c(OC)c(OC)c3)ccc2O1)c1ccccc1. The largest absolute Gasteiger partial charge is 0.493 e. The van der Waals surface area contributed by atoms with E-state index in [0.29, 0.717) is 35.3 Å². The van der Waals surface area contributed by atoms with Crippen LogP contribution in [0.3, 0.4) is 0 Å². The smallest absolute Gasteiger partial charge is 0.343 e. The van der Waals surface area contributed by atoms with Gasteiger partial charge in [-0.15, -0.1) is 0 Å². The molecule has 38 heavy (non-hydrogen) atoms. The second kappa shape index (κ2) is 12.1. The molecule has 0 aromatic heterocycles. The fraction of sp³-hybridized carbons (Fsp3) is 0.241. The number of unbranched alkanes of at least 4 members (excludes halogenated alkanes) is 1. The lowest BCUT2D eigenvalue weighted by Crippen LogP contribution is -2.35. The van der Waals surface area contributed by atoms with Crippen LogP contribution in [-0.4, -0.2) is 39.8 Å². The van der Waals surface area contributed by atoms with Crippen LogP contribution in [0.4, 0.5) is 5.69 Å².